The summed E-state index contributed by atoms with van der Waals surface area (Å²) < 4.78 is 1.22. The van der Waals surface area contributed by atoms with Crippen LogP contribution in [0.3, 0.4) is 0 Å². The normalized spacial score (nSPS) is 11.5. The molecule has 0 amide bonds. The first-order valence-corrected chi connectivity index (χ1v) is 18.0. The summed E-state index contributed by atoms with van der Waals surface area (Å²) in [5, 5.41) is 6.92. The van der Waals surface area contributed by atoms with E-state index in [4.69, 9.17) is 4.98 Å². The Morgan fingerprint density at radius 1 is 0.442 bits per heavy atom. The van der Waals surface area contributed by atoms with Crippen LogP contribution in [0.25, 0.3) is 75.4 Å². The minimum atomic E-state index is 0.951. The van der Waals surface area contributed by atoms with Crippen molar-refractivity contribution in [2.24, 2.45) is 0 Å². The third kappa shape index (κ3) is 5.34. The average Bonchev–Trinajstić information content (AvgIpc) is 3.61. The van der Waals surface area contributed by atoms with Crippen LogP contribution in [0.15, 0.2) is 177 Å². The van der Waals surface area contributed by atoms with Gasteiger partial charge < -0.3 is 4.90 Å². The molecule has 0 aliphatic rings. The van der Waals surface area contributed by atoms with Crippen LogP contribution in [0.2, 0.25) is 0 Å². The molecule has 0 radical (unpaired) electrons. The molecule has 0 spiro atoms. The van der Waals surface area contributed by atoms with E-state index in [1.54, 1.807) is 17.7 Å². The maximum absolute atomic E-state index is 4.78. The van der Waals surface area contributed by atoms with Crippen molar-refractivity contribution in [1.29, 1.82) is 0 Å². The molecular weight excluding hydrogens is 655 g/mol. The Kier molecular flexibility index (Phi) is 7.25. The summed E-state index contributed by atoms with van der Waals surface area (Å²) in [5.74, 6) is 0. The van der Waals surface area contributed by atoms with Crippen molar-refractivity contribution in [3.05, 3.63) is 177 Å². The lowest BCUT2D eigenvalue weighted by molar-refractivity contribution is 1.23. The maximum atomic E-state index is 4.78. The smallest absolute Gasteiger partial charge is 0.128 e. The van der Waals surface area contributed by atoms with Crippen molar-refractivity contribution >= 4 is 70.2 Å². The lowest BCUT2D eigenvalue weighted by Crippen LogP contribution is -2.09. The van der Waals surface area contributed by atoms with E-state index in [0.717, 1.165) is 60.4 Å². The van der Waals surface area contributed by atoms with Crippen LogP contribution in [0, 0.1) is 0 Å². The second-order valence-electron chi connectivity index (χ2n) is 12.9. The zero-order chi connectivity index (χ0) is 34.4. The minimum Gasteiger partial charge on any atom is -0.311 e. The monoisotopic (exact) mass is 683 g/mol. The molecule has 4 aromatic heterocycles. The van der Waals surface area contributed by atoms with Crippen molar-refractivity contribution in [2.45, 2.75) is 0 Å². The maximum Gasteiger partial charge on any atom is 0.128 e. The van der Waals surface area contributed by atoms with Gasteiger partial charge in [0.1, 0.15) is 11.2 Å². The molecule has 4 heterocycles. The molecule has 0 aliphatic carbocycles. The lowest BCUT2D eigenvalue weighted by Gasteiger charge is -2.26. The number of pyridine rings is 2. The third-order valence-electron chi connectivity index (χ3n) is 9.77. The summed E-state index contributed by atoms with van der Waals surface area (Å²) in [7, 11) is 0. The Hall–Kier alpha value is -6.76. The average molecular weight is 684 g/mol. The van der Waals surface area contributed by atoms with E-state index < -0.39 is 0 Å². The number of thiophene rings is 1. The van der Waals surface area contributed by atoms with Gasteiger partial charge in [0.05, 0.1) is 5.69 Å². The van der Waals surface area contributed by atoms with Gasteiger partial charge in [0.15, 0.2) is 0 Å². The van der Waals surface area contributed by atoms with E-state index in [0.29, 0.717) is 0 Å². The molecule has 0 bridgehead atoms. The Balaban J connectivity index is 1.04. The molecule has 5 nitrogen and oxygen atoms in total. The van der Waals surface area contributed by atoms with Crippen molar-refractivity contribution in [1.82, 2.24) is 19.9 Å². The number of benzene rings is 6. The zero-order valence-electron chi connectivity index (χ0n) is 27.9. The number of anilines is 3. The highest BCUT2D eigenvalue weighted by Gasteiger charge is 2.17. The van der Waals surface area contributed by atoms with E-state index in [2.05, 4.69) is 165 Å². The van der Waals surface area contributed by atoms with Gasteiger partial charge in [0.25, 0.3) is 0 Å². The Morgan fingerprint density at radius 3 is 1.54 bits per heavy atom. The van der Waals surface area contributed by atoms with E-state index in [9.17, 15) is 0 Å². The van der Waals surface area contributed by atoms with Crippen LogP contribution in [0.1, 0.15) is 0 Å². The van der Waals surface area contributed by atoms with Crippen LogP contribution in [-0.4, -0.2) is 19.9 Å². The van der Waals surface area contributed by atoms with Gasteiger partial charge in [0, 0.05) is 73.7 Å². The van der Waals surface area contributed by atoms with Gasteiger partial charge in [-0.05, 0) is 99.8 Å². The zero-order valence-corrected chi connectivity index (χ0v) is 28.7. The molecule has 6 aromatic carbocycles. The quantitative estimate of drug-likeness (QED) is 0.175. The van der Waals surface area contributed by atoms with Crippen molar-refractivity contribution in [3.63, 3.8) is 0 Å². The summed E-state index contributed by atoms with van der Waals surface area (Å²) >= 11 is 1.71. The number of hydrogen-bond acceptors (Lipinski definition) is 6. The molecule has 0 saturated heterocycles. The van der Waals surface area contributed by atoms with Crippen LogP contribution in [0.5, 0.6) is 0 Å². The van der Waals surface area contributed by atoms with Crippen molar-refractivity contribution < 1.29 is 0 Å². The van der Waals surface area contributed by atoms with Crippen LogP contribution in [0.4, 0.5) is 17.1 Å². The molecular formula is C46H29N5S. The molecule has 0 fully saturated rings. The predicted molar refractivity (Wildman–Crippen MR) is 217 cm³/mol. The molecule has 0 unspecified atom stereocenters. The summed E-state index contributed by atoms with van der Waals surface area (Å²) in [4.78, 5) is 21.2. The molecule has 52 heavy (non-hydrogen) atoms. The number of fused-ring (bicyclic) bond motifs is 5. The fourth-order valence-corrected chi connectivity index (χ4v) is 8.17. The molecule has 10 rings (SSSR count). The number of nitrogens with zero attached hydrogens (tertiary/aromatic N) is 5. The highest BCUT2D eigenvalue weighted by molar-refractivity contribution is 7.25. The summed E-state index contributed by atoms with van der Waals surface area (Å²) in [6.07, 6.45) is 9.18. The van der Waals surface area contributed by atoms with Gasteiger partial charge in [-0.25, -0.2) is 9.97 Å². The lowest BCUT2D eigenvalue weighted by atomic mass is 10.0. The highest BCUT2D eigenvalue weighted by Crippen LogP contribution is 2.41. The fraction of sp³-hybridized carbons (Fsp3) is 0. The van der Waals surface area contributed by atoms with Crippen LogP contribution in [-0.2, 0) is 0 Å². The van der Waals surface area contributed by atoms with Crippen LogP contribution >= 0.6 is 11.3 Å². The number of aromatic nitrogens is 4. The summed E-state index contributed by atoms with van der Waals surface area (Å²) in [6.45, 7) is 0. The van der Waals surface area contributed by atoms with Gasteiger partial charge in [-0.2, -0.15) is 0 Å². The highest BCUT2D eigenvalue weighted by atomic mass is 32.1. The second-order valence-corrected chi connectivity index (χ2v) is 13.9. The third-order valence-corrected chi connectivity index (χ3v) is 10.9. The predicted octanol–water partition coefficient (Wildman–Crippen LogP) is 12.4. The van der Waals surface area contributed by atoms with E-state index in [1.807, 2.05) is 24.8 Å². The fourth-order valence-electron chi connectivity index (χ4n) is 7.12. The van der Waals surface area contributed by atoms with Gasteiger partial charge in [-0.1, -0.05) is 78.9 Å². The standard InChI is InChI=1S/C46H29N5S/c1-2-4-43-42(3-1)44-45(49-29-50-46(44)52-43)32-13-19-41(20-14-32)51(39-15-9-30(10-16-39)33-5-7-37-27-47-23-21-35(37)25-33)40-17-11-31(12-18-40)34-6-8-38-28-48-24-22-36(38)26-34/h1-29H. The topological polar surface area (TPSA) is 54.8 Å². The second kappa shape index (κ2) is 12.5. The molecule has 10 aromatic rings. The Bertz CT molecular complexity index is 2780. The number of rotatable bonds is 6. The molecule has 0 N–H and O–H groups in total. The molecule has 0 aliphatic heterocycles. The molecule has 6 heteroatoms. The Morgan fingerprint density at radius 2 is 0.962 bits per heavy atom. The van der Waals surface area contributed by atoms with Gasteiger partial charge in [0.2, 0.25) is 0 Å². The minimum absolute atomic E-state index is 0.951. The SMILES string of the molecule is c1ccc2c(c1)sc1ncnc(-c3ccc(N(c4ccc(-c5ccc6cnccc6c5)cc4)c4ccc(-c5ccc6cnccc6c5)cc4)cc3)c12. The van der Waals surface area contributed by atoms with E-state index >= 15 is 0 Å². The molecule has 0 saturated carbocycles. The van der Waals surface area contributed by atoms with E-state index in [-0.39, 0.29) is 0 Å². The first-order valence-electron chi connectivity index (χ1n) is 17.2. The molecule has 0 atom stereocenters. The van der Waals surface area contributed by atoms with Crippen LogP contribution < -0.4 is 4.90 Å². The van der Waals surface area contributed by atoms with Gasteiger partial charge >= 0.3 is 0 Å². The molecule has 244 valence electrons. The van der Waals surface area contributed by atoms with Crippen molar-refractivity contribution in [3.8, 4) is 33.5 Å². The van der Waals surface area contributed by atoms with Gasteiger partial charge in [-0.15, -0.1) is 11.3 Å². The van der Waals surface area contributed by atoms with Crippen molar-refractivity contribution in [2.75, 3.05) is 4.90 Å². The van der Waals surface area contributed by atoms with E-state index in [1.165, 1.54) is 32.0 Å². The number of hydrogen-bond donors (Lipinski definition) is 0. The first-order chi connectivity index (χ1) is 25.7. The first kappa shape index (κ1) is 30.1. The largest absolute Gasteiger partial charge is 0.311 e. The van der Waals surface area contributed by atoms with Gasteiger partial charge in [-0.3, -0.25) is 9.97 Å². The summed E-state index contributed by atoms with van der Waals surface area (Å²) in [6, 6.07) is 52.0. The Labute approximate surface area is 304 Å². The summed E-state index contributed by atoms with van der Waals surface area (Å²) in [5.41, 5.74) is 9.88.